The third-order valence-electron chi connectivity index (χ3n) is 5.19. The fourth-order valence-electron chi connectivity index (χ4n) is 3.74. The molecule has 1 aromatic carbocycles. The van der Waals surface area contributed by atoms with Crippen LogP contribution in [0.1, 0.15) is 19.3 Å². The van der Waals surface area contributed by atoms with E-state index in [1.165, 1.54) is 11.8 Å². The van der Waals surface area contributed by atoms with Crippen LogP contribution in [0.4, 0.5) is 10.5 Å². The predicted molar refractivity (Wildman–Crippen MR) is 103 cm³/mol. The van der Waals surface area contributed by atoms with Gasteiger partial charge in [0.25, 0.3) is 11.1 Å². The molecule has 1 unspecified atom stereocenters. The lowest BCUT2D eigenvalue weighted by molar-refractivity contribution is -0.139. The van der Waals surface area contributed by atoms with Gasteiger partial charge in [0.2, 0.25) is 5.91 Å². The summed E-state index contributed by atoms with van der Waals surface area (Å²) in [6.07, 6.45) is 2.45. The van der Waals surface area contributed by atoms with Crippen molar-refractivity contribution < 1.29 is 19.1 Å². The third-order valence-corrected chi connectivity index (χ3v) is 6.08. The van der Waals surface area contributed by atoms with Crippen molar-refractivity contribution in [3.8, 4) is 5.75 Å². The molecular formula is C19H23N3O4S. The Kier molecular flexibility index (Phi) is 5.24. The lowest BCUT2D eigenvalue weighted by Crippen LogP contribution is -2.54. The van der Waals surface area contributed by atoms with Crippen LogP contribution in [-0.2, 0) is 9.59 Å². The topological polar surface area (TPSA) is 70.2 Å². The zero-order chi connectivity index (χ0) is 18.8. The number of amides is 3. The third kappa shape index (κ3) is 3.76. The van der Waals surface area contributed by atoms with Crippen molar-refractivity contribution >= 4 is 34.5 Å². The number of carbonyl (C=O) groups excluding carboxylic acids is 3. The molecule has 27 heavy (non-hydrogen) atoms. The molecule has 4 rings (SSSR count). The molecule has 2 fully saturated rings. The zero-order valence-electron chi connectivity index (χ0n) is 15.1. The van der Waals surface area contributed by atoms with Crippen molar-refractivity contribution in [2.24, 2.45) is 0 Å². The van der Waals surface area contributed by atoms with Crippen molar-refractivity contribution in [1.29, 1.82) is 0 Å². The Bertz CT molecular complexity index is 750. The van der Waals surface area contributed by atoms with E-state index in [9.17, 15) is 14.4 Å². The average molecular weight is 389 g/mol. The van der Waals surface area contributed by atoms with Gasteiger partial charge in [0.15, 0.2) is 6.10 Å². The molecule has 0 spiro atoms. The number of nitrogens with zero attached hydrogens (tertiary/aromatic N) is 3. The molecule has 2 saturated heterocycles. The van der Waals surface area contributed by atoms with E-state index in [1.54, 1.807) is 15.9 Å². The highest BCUT2D eigenvalue weighted by molar-refractivity contribution is 8.13. The van der Waals surface area contributed by atoms with Crippen LogP contribution in [0, 0.1) is 0 Å². The first kappa shape index (κ1) is 18.2. The number of piperidine rings is 1. The Hall–Kier alpha value is -2.22. The van der Waals surface area contributed by atoms with Gasteiger partial charge >= 0.3 is 0 Å². The van der Waals surface area contributed by atoms with Crippen LogP contribution in [0.3, 0.4) is 0 Å². The molecule has 0 bridgehead atoms. The summed E-state index contributed by atoms with van der Waals surface area (Å²) < 4.78 is 5.95. The minimum atomic E-state index is -0.703. The molecule has 0 aromatic heterocycles. The predicted octanol–water partition coefficient (Wildman–Crippen LogP) is 1.96. The van der Waals surface area contributed by atoms with Crippen molar-refractivity contribution in [1.82, 2.24) is 9.80 Å². The van der Waals surface area contributed by atoms with Gasteiger partial charge in [-0.25, -0.2) is 0 Å². The van der Waals surface area contributed by atoms with E-state index in [4.69, 9.17) is 4.74 Å². The second-order valence-corrected chi connectivity index (χ2v) is 8.05. The molecule has 0 N–H and O–H groups in total. The molecule has 7 nitrogen and oxygen atoms in total. The van der Waals surface area contributed by atoms with Crippen molar-refractivity contribution in [2.75, 3.05) is 43.4 Å². The summed E-state index contributed by atoms with van der Waals surface area (Å²) in [5.74, 6) is 1.00. The van der Waals surface area contributed by atoms with E-state index in [0.717, 1.165) is 32.4 Å². The van der Waals surface area contributed by atoms with Crippen LogP contribution in [0.2, 0.25) is 0 Å². The molecular weight excluding hydrogens is 366 g/mol. The molecule has 3 amide bonds. The summed E-state index contributed by atoms with van der Waals surface area (Å²) in [6, 6.07) is 7.26. The molecule has 144 valence electrons. The number of para-hydroxylation sites is 2. The highest BCUT2D eigenvalue weighted by Crippen LogP contribution is 2.34. The van der Waals surface area contributed by atoms with Gasteiger partial charge in [-0.15, -0.1) is 0 Å². The molecule has 1 atom stereocenters. The van der Waals surface area contributed by atoms with Crippen molar-refractivity contribution in [2.45, 2.75) is 25.4 Å². The number of rotatable bonds is 3. The second kappa shape index (κ2) is 7.80. The van der Waals surface area contributed by atoms with Crippen LogP contribution < -0.4 is 9.64 Å². The van der Waals surface area contributed by atoms with Gasteiger partial charge in [0.05, 0.1) is 12.2 Å². The number of thioether (sulfide) groups is 1. The SMILES string of the molecule is O=C1SCCN1CC(=O)N1CC(C(=O)N2CCCCC2)Oc2ccccc21. The maximum absolute atomic E-state index is 12.9. The van der Waals surface area contributed by atoms with Gasteiger partial charge in [-0.1, -0.05) is 23.9 Å². The number of benzene rings is 1. The van der Waals surface area contributed by atoms with Crippen LogP contribution in [0.5, 0.6) is 5.75 Å². The van der Waals surface area contributed by atoms with Gasteiger partial charge in [0.1, 0.15) is 12.3 Å². The monoisotopic (exact) mass is 389 g/mol. The highest BCUT2D eigenvalue weighted by atomic mass is 32.2. The van der Waals surface area contributed by atoms with E-state index in [0.29, 0.717) is 23.7 Å². The summed E-state index contributed by atoms with van der Waals surface area (Å²) in [7, 11) is 0. The minimum absolute atomic E-state index is 0.0325. The number of ether oxygens (including phenoxy) is 1. The van der Waals surface area contributed by atoms with E-state index < -0.39 is 6.10 Å². The second-order valence-electron chi connectivity index (χ2n) is 7.00. The van der Waals surface area contributed by atoms with Crippen LogP contribution in [0.15, 0.2) is 24.3 Å². The fraction of sp³-hybridized carbons (Fsp3) is 0.526. The first-order chi connectivity index (χ1) is 13.1. The van der Waals surface area contributed by atoms with Gasteiger partial charge in [0, 0.05) is 25.4 Å². The largest absolute Gasteiger partial charge is 0.476 e. The van der Waals surface area contributed by atoms with Gasteiger partial charge < -0.3 is 19.4 Å². The minimum Gasteiger partial charge on any atom is -0.476 e. The summed E-state index contributed by atoms with van der Waals surface area (Å²) in [4.78, 5) is 42.7. The van der Waals surface area contributed by atoms with E-state index in [2.05, 4.69) is 0 Å². The molecule has 0 radical (unpaired) electrons. The van der Waals surface area contributed by atoms with Gasteiger partial charge in [-0.2, -0.15) is 0 Å². The zero-order valence-corrected chi connectivity index (χ0v) is 16.0. The standard InChI is InChI=1S/C19H23N3O4S/c23-17(13-21-10-11-27-19(21)25)22-12-16(18(24)20-8-4-1-5-9-20)26-15-7-3-2-6-14(15)22/h2-3,6-7,16H,1,4-5,8-13H2. The van der Waals surface area contributed by atoms with Gasteiger partial charge in [-0.3, -0.25) is 14.4 Å². The lowest BCUT2D eigenvalue weighted by Gasteiger charge is -2.37. The summed E-state index contributed by atoms with van der Waals surface area (Å²) in [5, 5.41) is -0.0640. The molecule has 1 aromatic rings. The Balaban J connectivity index is 1.53. The summed E-state index contributed by atoms with van der Waals surface area (Å²) in [5.41, 5.74) is 0.657. The van der Waals surface area contributed by atoms with Crippen molar-refractivity contribution in [3.63, 3.8) is 0 Å². The highest BCUT2D eigenvalue weighted by Gasteiger charge is 2.37. The van der Waals surface area contributed by atoms with E-state index in [-0.39, 0.29) is 30.1 Å². The molecule has 0 aliphatic carbocycles. The smallest absolute Gasteiger partial charge is 0.282 e. The molecule has 3 aliphatic heterocycles. The summed E-state index contributed by atoms with van der Waals surface area (Å²) in [6.45, 7) is 2.28. The number of hydrogen-bond acceptors (Lipinski definition) is 5. The fourth-order valence-corrected chi connectivity index (χ4v) is 4.56. The Labute approximate surface area is 162 Å². The number of likely N-dealkylation sites (tertiary alicyclic amines) is 1. The Morgan fingerprint density at radius 3 is 2.63 bits per heavy atom. The van der Waals surface area contributed by atoms with Crippen LogP contribution in [-0.4, -0.2) is 71.4 Å². The number of fused-ring (bicyclic) bond motifs is 1. The Morgan fingerprint density at radius 1 is 1.11 bits per heavy atom. The summed E-state index contributed by atoms with van der Waals surface area (Å²) >= 11 is 1.23. The van der Waals surface area contributed by atoms with Crippen LogP contribution >= 0.6 is 11.8 Å². The van der Waals surface area contributed by atoms with E-state index in [1.807, 2.05) is 23.1 Å². The molecule has 0 saturated carbocycles. The quantitative estimate of drug-likeness (QED) is 0.790. The molecule has 3 heterocycles. The molecule has 8 heteroatoms. The first-order valence-electron chi connectivity index (χ1n) is 9.40. The lowest BCUT2D eigenvalue weighted by atomic mass is 10.1. The van der Waals surface area contributed by atoms with Gasteiger partial charge in [-0.05, 0) is 31.4 Å². The number of hydrogen-bond donors (Lipinski definition) is 0. The van der Waals surface area contributed by atoms with Crippen LogP contribution in [0.25, 0.3) is 0 Å². The molecule has 3 aliphatic rings. The number of anilines is 1. The first-order valence-corrected chi connectivity index (χ1v) is 10.4. The number of carbonyl (C=O) groups is 3. The normalized spacial score (nSPS) is 22.4. The maximum atomic E-state index is 12.9. The maximum Gasteiger partial charge on any atom is 0.282 e. The average Bonchev–Trinajstić information content (AvgIpc) is 3.11. The Morgan fingerprint density at radius 2 is 1.89 bits per heavy atom. The van der Waals surface area contributed by atoms with Crippen molar-refractivity contribution in [3.05, 3.63) is 24.3 Å². The van der Waals surface area contributed by atoms with E-state index >= 15 is 0 Å².